The quantitative estimate of drug-likeness (QED) is 0.277. The maximum absolute atomic E-state index is 13.1. The van der Waals surface area contributed by atoms with Crippen LogP contribution in [0.4, 0.5) is 0 Å². The number of piperidine rings is 1. The van der Waals surface area contributed by atoms with E-state index in [9.17, 15) is 13.2 Å². The summed E-state index contributed by atoms with van der Waals surface area (Å²) in [4.78, 5) is 12.7. The van der Waals surface area contributed by atoms with Gasteiger partial charge in [0.2, 0.25) is 15.9 Å². The Bertz CT molecular complexity index is 1210. The second-order valence-electron chi connectivity index (χ2n) is 7.94. The highest BCUT2D eigenvalue weighted by Gasteiger charge is 2.32. The van der Waals surface area contributed by atoms with E-state index in [0.717, 1.165) is 0 Å². The minimum atomic E-state index is -3.73. The molecule has 0 spiro atoms. The lowest BCUT2D eigenvalue weighted by molar-refractivity contribution is -0.126. The number of carbonyl (C=O) groups excluding carboxylic acids is 1. The fourth-order valence-corrected chi connectivity index (χ4v) is 5.26. The summed E-state index contributed by atoms with van der Waals surface area (Å²) in [7, 11) is 0.744. The molecule has 0 saturated carbocycles. The van der Waals surface area contributed by atoms with Crippen molar-refractivity contribution in [3.8, 4) is 23.0 Å². The Balaban J connectivity index is 1.56. The monoisotopic (exact) mass is 517 g/mol. The molecule has 194 valence electrons. The number of nitrogens with one attached hydrogen (secondary N) is 1. The zero-order valence-electron chi connectivity index (χ0n) is 20.6. The summed E-state index contributed by atoms with van der Waals surface area (Å²) in [5, 5.41) is 4.04. The first-order chi connectivity index (χ1) is 17.3. The highest BCUT2D eigenvalue weighted by Crippen LogP contribution is 2.32. The van der Waals surface area contributed by atoms with Crippen molar-refractivity contribution in [1.29, 1.82) is 0 Å². The lowest BCUT2D eigenvalue weighted by Gasteiger charge is -2.30. The van der Waals surface area contributed by atoms with Gasteiger partial charge in [0.1, 0.15) is 6.61 Å². The number of benzene rings is 2. The summed E-state index contributed by atoms with van der Waals surface area (Å²) in [5.41, 5.74) is 3.26. The van der Waals surface area contributed by atoms with E-state index in [1.54, 1.807) is 30.3 Å². The summed E-state index contributed by atoms with van der Waals surface area (Å²) in [6.07, 6.45) is 3.92. The van der Waals surface area contributed by atoms with Gasteiger partial charge in [0.15, 0.2) is 23.0 Å². The first kappa shape index (κ1) is 27.0. The van der Waals surface area contributed by atoms with Gasteiger partial charge in [0.05, 0.1) is 32.4 Å². The molecular formula is C25H31N3O7S. The molecule has 2 aromatic carbocycles. The lowest BCUT2D eigenvalue weighted by atomic mass is 9.98. The molecule has 1 amide bonds. The van der Waals surface area contributed by atoms with E-state index in [1.165, 1.54) is 44.0 Å². The van der Waals surface area contributed by atoms with Crippen molar-refractivity contribution in [3.63, 3.8) is 0 Å². The minimum Gasteiger partial charge on any atom is -0.493 e. The van der Waals surface area contributed by atoms with Gasteiger partial charge in [-0.3, -0.25) is 4.79 Å². The number of hydrogen-bond acceptors (Lipinski definition) is 8. The zero-order valence-corrected chi connectivity index (χ0v) is 21.4. The Morgan fingerprint density at radius 2 is 1.67 bits per heavy atom. The van der Waals surface area contributed by atoms with Gasteiger partial charge < -0.3 is 18.9 Å². The molecule has 1 aliphatic rings. The van der Waals surface area contributed by atoms with Crippen LogP contribution in [-0.4, -0.2) is 65.9 Å². The van der Waals surface area contributed by atoms with Crippen molar-refractivity contribution in [1.82, 2.24) is 9.73 Å². The second-order valence-corrected chi connectivity index (χ2v) is 9.88. The number of methoxy groups -OCH3 is 3. The number of sulfonamides is 1. The fourth-order valence-electron chi connectivity index (χ4n) is 3.78. The molecule has 1 aliphatic heterocycles. The van der Waals surface area contributed by atoms with Crippen LogP contribution in [0.5, 0.6) is 23.0 Å². The van der Waals surface area contributed by atoms with Crippen molar-refractivity contribution >= 4 is 22.1 Å². The third kappa shape index (κ3) is 6.35. The van der Waals surface area contributed by atoms with E-state index in [1.807, 2.05) is 0 Å². The molecule has 1 saturated heterocycles. The Morgan fingerprint density at radius 3 is 2.31 bits per heavy atom. The van der Waals surface area contributed by atoms with Crippen LogP contribution in [0.25, 0.3) is 0 Å². The van der Waals surface area contributed by atoms with Crippen LogP contribution in [0, 0.1) is 5.92 Å². The molecule has 3 rings (SSSR count). The number of amides is 1. The van der Waals surface area contributed by atoms with Gasteiger partial charge in [-0.05, 0) is 48.7 Å². The van der Waals surface area contributed by atoms with Crippen molar-refractivity contribution in [2.75, 3.05) is 41.0 Å². The van der Waals surface area contributed by atoms with Crippen LogP contribution in [0.3, 0.4) is 0 Å². The third-order valence-electron chi connectivity index (χ3n) is 5.75. The lowest BCUT2D eigenvalue weighted by Crippen LogP contribution is -2.42. The molecule has 10 nitrogen and oxygen atoms in total. The number of hydrazone groups is 1. The summed E-state index contributed by atoms with van der Waals surface area (Å²) in [5.74, 6) is 1.30. The Hall–Kier alpha value is -3.57. The molecule has 1 heterocycles. The average Bonchev–Trinajstić information content (AvgIpc) is 2.91. The highest BCUT2D eigenvalue weighted by atomic mass is 32.2. The van der Waals surface area contributed by atoms with E-state index >= 15 is 0 Å². The number of ether oxygens (including phenoxy) is 4. The Morgan fingerprint density at radius 1 is 1.03 bits per heavy atom. The summed E-state index contributed by atoms with van der Waals surface area (Å²) in [6.45, 7) is 4.42. The molecular weight excluding hydrogens is 486 g/mol. The fraction of sp³-hybridized carbons (Fsp3) is 0.360. The molecule has 0 atom stereocenters. The van der Waals surface area contributed by atoms with Crippen LogP contribution in [0.2, 0.25) is 0 Å². The zero-order chi connectivity index (χ0) is 26.1. The molecule has 0 aromatic heterocycles. The number of hydrogen-bond donors (Lipinski definition) is 1. The topological polar surface area (TPSA) is 116 Å². The molecule has 0 radical (unpaired) electrons. The van der Waals surface area contributed by atoms with Gasteiger partial charge in [0.25, 0.3) is 0 Å². The van der Waals surface area contributed by atoms with E-state index in [-0.39, 0.29) is 29.8 Å². The maximum atomic E-state index is 13.1. The molecule has 0 unspecified atom stereocenters. The normalized spacial score (nSPS) is 14.9. The summed E-state index contributed by atoms with van der Waals surface area (Å²) < 4.78 is 48.8. The molecule has 2 aromatic rings. The van der Waals surface area contributed by atoms with Crippen molar-refractivity contribution in [2.24, 2.45) is 11.0 Å². The number of carbonyl (C=O) groups is 1. The van der Waals surface area contributed by atoms with Gasteiger partial charge in [-0.25, -0.2) is 13.8 Å². The van der Waals surface area contributed by atoms with Gasteiger partial charge in [-0.1, -0.05) is 12.7 Å². The van der Waals surface area contributed by atoms with Crippen molar-refractivity contribution < 1.29 is 32.2 Å². The number of nitrogens with zero attached hydrogens (tertiary/aromatic N) is 2. The van der Waals surface area contributed by atoms with Crippen LogP contribution in [-0.2, 0) is 14.8 Å². The second kappa shape index (κ2) is 12.4. The van der Waals surface area contributed by atoms with Crippen molar-refractivity contribution in [3.05, 3.63) is 54.6 Å². The van der Waals surface area contributed by atoms with E-state index in [4.69, 9.17) is 18.9 Å². The summed E-state index contributed by atoms with van der Waals surface area (Å²) in [6, 6.07) is 9.76. The van der Waals surface area contributed by atoms with Crippen LogP contribution in [0.1, 0.15) is 18.4 Å². The van der Waals surface area contributed by atoms with Crippen LogP contribution in [0.15, 0.2) is 59.1 Å². The molecule has 11 heteroatoms. The smallest absolute Gasteiger partial charge is 0.243 e. The van der Waals surface area contributed by atoms with Crippen molar-refractivity contribution in [2.45, 2.75) is 17.7 Å². The largest absolute Gasteiger partial charge is 0.493 e. The minimum absolute atomic E-state index is 0.115. The summed E-state index contributed by atoms with van der Waals surface area (Å²) >= 11 is 0. The Kier molecular flexibility index (Phi) is 9.31. The average molecular weight is 518 g/mol. The highest BCUT2D eigenvalue weighted by molar-refractivity contribution is 7.89. The molecule has 0 aliphatic carbocycles. The number of rotatable bonds is 11. The van der Waals surface area contributed by atoms with Gasteiger partial charge in [0, 0.05) is 25.1 Å². The predicted molar refractivity (Wildman–Crippen MR) is 135 cm³/mol. The standard InChI is InChI=1S/C25H31N3O7S/c1-5-14-35-22-8-6-18(15-23(22)33-3)17-26-27-25(29)19-10-12-28(13-11-19)36(30,31)20-7-9-21(32-2)24(16-20)34-4/h5-9,15-17,19H,1,10-14H2,2-4H3,(H,27,29)/b26-17-. The first-order valence-electron chi connectivity index (χ1n) is 11.3. The van der Waals surface area contributed by atoms with Gasteiger partial charge in [-0.15, -0.1) is 0 Å². The van der Waals surface area contributed by atoms with E-state index in [0.29, 0.717) is 48.0 Å². The predicted octanol–water partition coefficient (Wildman–Crippen LogP) is 2.83. The molecule has 1 N–H and O–H groups in total. The maximum Gasteiger partial charge on any atom is 0.243 e. The van der Waals surface area contributed by atoms with Gasteiger partial charge in [-0.2, -0.15) is 9.41 Å². The Labute approximate surface area is 211 Å². The molecule has 36 heavy (non-hydrogen) atoms. The third-order valence-corrected chi connectivity index (χ3v) is 7.64. The van der Waals surface area contributed by atoms with E-state index in [2.05, 4.69) is 17.1 Å². The van der Waals surface area contributed by atoms with E-state index < -0.39 is 10.0 Å². The molecule has 0 bridgehead atoms. The van der Waals surface area contributed by atoms with Crippen LogP contribution >= 0.6 is 0 Å². The first-order valence-corrected chi connectivity index (χ1v) is 12.7. The van der Waals surface area contributed by atoms with Gasteiger partial charge >= 0.3 is 0 Å². The SMILES string of the molecule is C=CCOc1ccc(/C=N\NC(=O)C2CCN(S(=O)(=O)c3ccc(OC)c(OC)c3)CC2)cc1OC. The van der Waals surface area contributed by atoms with Crippen LogP contribution < -0.4 is 24.4 Å². The molecule has 1 fully saturated rings.